The van der Waals surface area contributed by atoms with Gasteiger partial charge in [0, 0.05) is 34.9 Å². The molecule has 3 N–H and O–H groups in total. The number of benzene rings is 1. The van der Waals surface area contributed by atoms with Crippen LogP contribution in [0, 0.1) is 5.92 Å². The van der Waals surface area contributed by atoms with Crippen molar-refractivity contribution >= 4 is 47.4 Å². The van der Waals surface area contributed by atoms with E-state index in [-0.39, 0.29) is 30.7 Å². The maximum absolute atomic E-state index is 12.8. The van der Waals surface area contributed by atoms with Gasteiger partial charge in [0.1, 0.15) is 5.82 Å². The highest BCUT2D eigenvalue weighted by Gasteiger charge is 2.24. The standard InChI is InChI=1S/C27H35N5O.2ClH/c1-32-15-3-6-25(32)24-16-22-18-29-26(17-23(22)30-24)31-27(33)21-9-7-19(8-10-21)4-2-5-20-11-13-28-14-12-20;;/h7-10,16-18,20,25,28,30H,2-6,11-15H2,1H3,(H,29,31,33);2*1H/t25-;;/m1../s1. The zero-order chi connectivity index (χ0) is 22.6. The Morgan fingerprint density at radius 1 is 1.11 bits per heavy atom. The van der Waals surface area contributed by atoms with Crippen LogP contribution in [-0.4, -0.2) is 47.5 Å². The van der Waals surface area contributed by atoms with Crippen LogP contribution in [0.3, 0.4) is 0 Å². The fourth-order valence-electron chi connectivity index (χ4n) is 5.38. The first-order valence-electron chi connectivity index (χ1n) is 12.5. The number of nitrogens with one attached hydrogen (secondary N) is 3. The molecule has 1 amide bonds. The van der Waals surface area contributed by atoms with Crippen LogP contribution >= 0.6 is 24.8 Å². The third kappa shape index (κ3) is 6.76. The molecule has 5 rings (SSSR count). The number of carbonyl (C=O) groups excluding carboxylic acids is 1. The van der Waals surface area contributed by atoms with Crippen molar-refractivity contribution in [3.05, 3.63) is 59.4 Å². The van der Waals surface area contributed by atoms with E-state index in [0.717, 1.165) is 29.8 Å². The number of halogens is 2. The summed E-state index contributed by atoms with van der Waals surface area (Å²) in [4.78, 5) is 23.2. The Bertz CT molecular complexity index is 1090. The molecule has 1 atom stereocenters. The Kier molecular flexibility index (Phi) is 9.99. The van der Waals surface area contributed by atoms with Gasteiger partial charge in [0.25, 0.3) is 5.91 Å². The number of fused-ring (bicyclic) bond motifs is 1. The molecule has 2 aromatic heterocycles. The Morgan fingerprint density at radius 3 is 2.60 bits per heavy atom. The summed E-state index contributed by atoms with van der Waals surface area (Å²) in [6.45, 7) is 3.47. The topological polar surface area (TPSA) is 73.1 Å². The minimum Gasteiger partial charge on any atom is -0.357 e. The van der Waals surface area contributed by atoms with Crippen LogP contribution in [0.1, 0.15) is 66.2 Å². The molecule has 3 aromatic rings. The monoisotopic (exact) mass is 517 g/mol. The van der Waals surface area contributed by atoms with Gasteiger partial charge in [-0.15, -0.1) is 24.8 Å². The molecule has 190 valence electrons. The van der Waals surface area contributed by atoms with Crippen LogP contribution < -0.4 is 10.6 Å². The van der Waals surface area contributed by atoms with Crippen molar-refractivity contribution < 1.29 is 4.79 Å². The van der Waals surface area contributed by atoms with Crippen molar-refractivity contribution in [2.75, 3.05) is 32.0 Å². The smallest absolute Gasteiger partial charge is 0.256 e. The van der Waals surface area contributed by atoms with E-state index in [1.54, 1.807) is 0 Å². The average Bonchev–Trinajstić information content (AvgIpc) is 3.45. The molecule has 0 aliphatic carbocycles. The van der Waals surface area contributed by atoms with E-state index >= 15 is 0 Å². The van der Waals surface area contributed by atoms with Gasteiger partial charge in [-0.2, -0.15) is 0 Å². The highest BCUT2D eigenvalue weighted by Crippen LogP contribution is 2.32. The number of rotatable bonds is 7. The van der Waals surface area contributed by atoms with Gasteiger partial charge in [-0.1, -0.05) is 18.6 Å². The minimum absolute atomic E-state index is 0. The van der Waals surface area contributed by atoms with E-state index in [2.05, 4.69) is 50.7 Å². The summed E-state index contributed by atoms with van der Waals surface area (Å²) in [7, 11) is 2.17. The summed E-state index contributed by atoms with van der Waals surface area (Å²) in [6.07, 6.45) is 10.5. The second-order valence-corrected chi connectivity index (χ2v) is 9.76. The maximum Gasteiger partial charge on any atom is 0.256 e. The number of hydrogen-bond acceptors (Lipinski definition) is 4. The molecule has 2 saturated heterocycles. The molecule has 0 unspecified atom stereocenters. The molecule has 6 nitrogen and oxygen atoms in total. The van der Waals surface area contributed by atoms with Gasteiger partial charge in [0.05, 0.1) is 5.52 Å². The van der Waals surface area contributed by atoms with Crippen LogP contribution in [0.5, 0.6) is 0 Å². The minimum atomic E-state index is -0.120. The van der Waals surface area contributed by atoms with Crippen molar-refractivity contribution in [3.63, 3.8) is 0 Å². The first-order valence-corrected chi connectivity index (χ1v) is 12.5. The number of pyridine rings is 1. The molecule has 35 heavy (non-hydrogen) atoms. The molecular formula is C27H37Cl2N5O. The molecule has 4 heterocycles. The number of amides is 1. The fourth-order valence-corrected chi connectivity index (χ4v) is 5.38. The fraction of sp³-hybridized carbons (Fsp3) is 0.481. The lowest BCUT2D eigenvalue weighted by atomic mass is 9.91. The van der Waals surface area contributed by atoms with Crippen LogP contribution in [0.2, 0.25) is 0 Å². The van der Waals surface area contributed by atoms with Crippen LogP contribution in [0.15, 0.2) is 42.6 Å². The number of aromatic amines is 1. The molecule has 0 saturated carbocycles. The molecule has 0 radical (unpaired) electrons. The van der Waals surface area contributed by atoms with Gasteiger partial charge in [-0.25, -0.2) is 4.98 Å². The van der Waals surface area contributed by atoms with Crippen LogP contribution in [0.4, 0.5) is 5.82 Å². The van der Waals surface area contributed by atoms with Gasteiger partial charge in [0.15, 0.2) is 0 Å². The third-order valence-corrected chi connectivity index (χ3v) is 7.40. The van der Waals surface area contributed by atoms with E-state index in [1.165, 1.54) is 62.9 Å². The number of aryl methyl sites for hydroxylation is 1. The van der Waals surface area contributed by atoms with Gasteiger partial charge >= 0.3 is 0 Å². The lowest BCUT2D eigenvalue weighted by molar-refractivity contribution is 0.102. The normalized spacial score (nSPS) is 18.7. The zero-order valence-electron chi connectivity index (χ0n) is 20.4. The zero-order valence-corrected chi connectivity index (χ0v) is 22.0. The van der Waals surface area contributed by atoms with Crippen molar-refractivity contribution in [2.24, 2.45) is 5.92 Å². The molecule has 2 aliphatic heterocycles. The predicted molar refractivity (Wildman–Crippen MR) is 148 cm³/mol. The number of hydrogen-bond donors (Lipinski definition) is 3. The van der Waals surface area contributed by atoms with E-state index < -0.39 is 0 Å². The molecular weight excluding hydrogens is 481 g/mol. The molecule has 2 fully saturated rings. The number of piperidine rings is 1. The second-order valence-electron chi connectivity index (χ2n) is 9.76. The van der Waals surface area contributed by atoms with E-state index in [1.807, 2.05) is 24.4 Å². The highest BCUT2D eigenvalue weighted by molar-refractivity contribution is 6.04. The molecule has 8 heteroatoms. The Balaban J connectivity index is 0.00000171. The predicted octanol–water partition coefficient (Wildman–Crippen LogP) is 5.75. The van der Waals surface area contributed by atoms with Gasteiger partial charge in [0.2, 0.25) is 0 Å². The van der Waals surface area contributed by atoms with E-state index in [9.17, 15) is 4.79 Å². The molecule has 0 spiro atoms. The number of carbonyl (C=O) groups is 1. The Labute approximate surface area is 220 Å². The van der Waals surface area contributed by atoms with Crippen LogP contribution in [0.25, 0.3) is 10.9 Å². The van der Waals surface area contributed by atoms with Gasteiger partial charge in [-0.3, -0.25) is 9.69 Å². The number of aromatic nitrogens is 2. The number of anilines is 1. The van der Waals surface area contributed by atoms with Crippen LogP contribution in [-0.2, 0) is 6.42 Å². The average molecular weight is 519 g/mol. The first kappa shape index (κ1) is 27.5. The molecule has 0 bridgehead atoms. The summed E-state index contributed by atoms with van der Waals surface area (Å²) in [5.74, 6) is 1.33. The Morgan fingerprint density at radius 2 is 1.89 bits per heavy atom. The first-order chi connectivity index (χ1) is 16.2. The van der Waals surface area contributed by atoms with Gasteiger partial charge < -0.3 is 15.6 Å². The number of H-pyrrole nitrogens is 1. The summed E-state index contributed by atoms with van der Waals surface area (Å²) in [6, 6.07) is 12.6. The molecule has 2 aliphatic rings. The van der Waals surface area contributed by atoms with Crippen molar-refractivity contribution in [1.82, 2.24) is 20.2 Å². The molecule has 1 aromatic carbocycles. The quantitative estimate of drug-likeness (QED) is 0.373. The van der Waals surface area contributed by atoms with E-state index in [4.69, 9.17) is 0 Å². The largest absolute Gasteiger partial charge is 0.357 e. The summed E-state index contributed by atoms with van der Waals surface area (Å²) in [5, 5.41) is 7.47. The van der Waals surface area contributed by atoms with Crippen molar-refractivity contribution in [3.8, 4) is 0 Å². The van der Waals surface area contributed by atoms with Crippen molar-refractivity contribution in [2.45, 2.75) is 51.0 Å². The number of nitrogens with zero attached hydrogens (tertiary/aromatic N) is 2. The SMILES string of the molecule is CN1CCC[C@@H]1c1cc2cnc(NC(=O)c3ccc(CCCC4CCNCC4)cc3)cc2[nH]1.Cl.Cl. The number of likely N-dealkylation sites (tertiary alicyclic amines) is 1. The highest BCUT2D eigenvalue weighted by atomic mass is 35.5. The Hall–Kier alpha value is -2.12. The summed E-state index contributed by atoms with van der Waals surface area (Å²) >= 11 is 0. The summed E-state index contributed by atoms with van der Waals surface area (Å²) in [5.41, 5.74) is 4.21. The maximum atomic E-state index is 12.8. The van der Waals surface area contributed by atoms with Crippen molar-refractivity contribution in [1.29, 1.82) is 0 Å². The lowest BCUT2D eigenvalue weighted by Gasteiger charge is -2.22. The third-order valence-electron chi connectivity index (χ3n) is 7.40. The lowest BCUT2D eigenvalue weighted by Crippen LogP contribution is -2.27. The second kappa shape index (κ2) is 12.7. The van der Waals surface area contributed by atoms with Gasteiger partial charge in [-0.05, 0) is 94.9 Å². The summed E-state index contributed by atoms with van der Waals surface area (Å²) < 4.78 is 0. The van der Waals surface area contributed by atoms with E-state index in [0.29, 0.717) is 17.4 Å².